The third kappa shape index (κ3) is 2.24. The summed E-state index contributed by atoms with van der Waals surface area (Å²) in [6.45, 7) is 6.27. The van der Waals surface area contributed by atoms with Crippen molar-refractivity contribution in [1.29, 1.82) is 5.26 Å². The van der Waals surface area contributed by atoms with Gasteiger partial charge in [-0.3, -0.25) is 0 Å². The summed E-state index contributed by atoms with van der Waals surface area (Å²) in [7, 11) is 2.13. The molecule has 0 spiro atoms. The molecular formula is C9H15N3. The summed E-state index contributed by atoms with van der Waals surface area (Å²) in [4.78, 5) is 4.55. The minimum absolute atomic E-state index is 1.04. The highest BCUT2D eigenvalue weighted by atomic mass is 15.2. The first kappa shape index (κ1) is 9.08. The lowest BCUT2D eigenvalue weighted by atomic mass is 10.3. The lowest BCUT2D eigenvalue weighted by Gasteiger charge is -2.34. The van der Waals surface area contributed by atoms with Crippen molar-refractivity contribution < 1.29 is 0 Å². The minimum atomic E-state index is 1.04. The molecular weight excluding hydrogens is 150 g/mol. The van der Waals surface area contributed by atoms with Crippen molar-refractivity contribution in [3.8, 4) is 6.07 Å². The fourth-order valence-electron chi connectivity index (χ4n) is 1.34. The molecule has 1 aliphatic heterocycles. The molecule has 3 nitrogen and oxygen atoms in total. The maximum absolute atomic E-state index is 8.46. The van der Waals surface area contributed by atoms with E-state index in [1.165, 1.54) is 0 Å². The van der Waals surface area contributed by atoms with Crippen LogP contribution in [-0.4, -0.2) is 43.0 Å². The van der Waals surface area contributed by atoms with Crippen LogP contribution in [0.4, 0.5) is 0 Å². The first-order valence-electron chi connectivity index (χ1n) is 4.24. The zero-order valence-electron chi connectivity index (χ0n) is 7.75. The van der Waals surface area contributed by atoms with Gasteiger partial charge in [-0.15, -0.1) is 0 Å². The second kappa shape index (κ2) is 4.13. The number of hydrogen-bond donors (Lipinski definition) is 0. The molecule has 0 aromatic carbocycles. The molecule has 0 bridgehead atoms. The Morgan fingerprint density at radius 1 is 1.33 bits per heavy atom. The van der Waals surface area contributed by atoms with E-state index in [-0.39, 0.29) is 0 Å². The molecule has 0 radical (unpaired) electrons. The van der Waals surface area contributed by atoms with Crippen LogP contribution in [0.1, 0.15) is 6.92 Å². The molecule has 1 aliphatic rings. The summed E-state index contributed by atoms with van der Waals surface area (Å²) in [5.74, 6) is 0. The van der Waals surface area contributed by atoms with Crippen molar-refractivity contribution in [2.75, 3.05) is 33.2 Å². The normalized spacial score (nSPS) is 20.8. The smallest absolute Gasteiger partial charge is 0.0930 e. The number of rotatable bonds is 1. The van der Waals surface area contributed by atoms with E-state index in [9.17, 15) is 0 Å². The van der Waals surface area contributed by atoms with Crippen molar-refractivity contribution >= 4 is 0 Å². The molecule has 0 N–H and O–H groups in total. The molecule has 0 atom stereocenters. The van der Waals surface area contributed by atoms with Crippen molar-refractivity contribution in [2.24, 2.45) is 0 Å². The van der Waals surface area contributed by atoms with E-state index in [1.807, 2.05) is 6.92 Å². The Balaban J connectivity index is 2.45. The zero-order valence-corrected chi connectivity index (χ0v) is 7.75. The van der Waals surface area contributed by atoms with Gasteiger partial charge < -0.3 is 9.80 Å². The first-order valence-corrected chi connectivity index (χ1v) is 4.24. The largest absolute Gasteiger partial charge is 0.372 e. The minimum Gasteiger partial charge on any atom is -0.372 e. The average molecular weight is 165 g/mol. The van der Waals surface area contributed by atoms with E-state index in [1.54, 1.807) is 6.08 Å². The topological polar surface area (TPSA) is 30.3 Å². The number of nitrogens with zero attached hydrogens (tertiary/aromatic N) is 3. The summed E-state index contributed by atoms with van der Waals surface area (Å²) in [5.41, 5.74) is 1.09. The summed E-state index contributed by atoms with van der Waals surface area (Å²) < 4.78 is 0. The molecule has 0 unspecified atom stereocenters. The van der Waals surface area contributed by atoms with Gasteiger partial charge >= 0.3 is 0 Å². The molecule has 1 saturated heterocycles. The van der Waals surface area contributed by atoms with Gasteiger partial charge in [-0.05, 0) is 14.0 Å². The molecule has 66 valence electrons. The maximum atomic E-state index is 8.46. The Hall–Kier alpha value is -1.01. The fraction of sp³-hybridized carbons (Fsp3) is 0.667. The lowest BCUT2D eigenvalue weighted by molar-refractivity contribution is 0.186. The van der Waals surface area contributed by atoms with Gasteiger partial charge in [0.25, 0.3) is 0 Å². The van der Waals surface area contributed by atoms with Crippen LogP contribution in [0.15, 0.2) is 11.8 Å². The Morgan fingerprint density at radius 2 is 1.92 bits per heavy atom. The quantitative estimate of drug-likeness (QED) is 0.535. The Bertz CT molecular complexity index is 206. The van der Waals surface area contributed by atoms with Crippen LogP contribution < -0.4 is 0 Å². The van der Waals surface area contributed by atoms with Gasteiger partial charge in [0, 0.05) is 38.0 Å². The van der Waals surface area contributed by atoms with E-state index in [2.05, 4.69) is 22.9 Å². The van der Waals surface area contributed by atoms with Gasteiger partial charge in [0.1, 0.15) is 0 Å². The van der Waals surface area contributed by atoms with Crippen molar-refractivity contribution in [3.63, 3.8) is 0 Å². The number of allylic oxidation sites excluding steroid dienone is 2. The number of piperazine rings is 1. The Morgan fingerprint density at radius 3 is 2.42 bits per heavy atom. The van der Waals surface area contributed by atoms with Crippen molar-refractivity contribution in [2.45, 2.75) is 6.92 Å². The fourth-order valence-corrected chi connectivity index (χ4v) is 1.34. The lowest BCUT2D eigenvalue weighted by Crippen LogP contribution is -2.43. The molecule has 12 heavy (non-hydrogen) atoms. The van der Waals surface area contributed by atoms with Gasteiger partial charge in [0.15, 0.2) is 0 Å². The number of nitriles is 1. The molecule has 0 saturated carbocycles. The molecule has 0 aromatic rings. The maximum Gasteiger partial charge on any atom is 0.0930 e. The van der Waals surface area contributed by atoms with Crippen LogP contribution in [0, 0.1) is 11.3 Å². The van der Waals surface area contributed by atoms with Crippen LogP contribution in [0.25, 0.3) is 0 Å². The molecule has 0 aliphatic carbocycles. The SMILES string of the molecule is CC(=CC#N)N1CCN(C)CC1. The first-order chi connectivity index (χ1) is 5.74. The number of hydrogen-bond acceptors (Lipinski definition) is 3. The third-order valence-electron chi connectivity index (χ3n) is 2.28. The number of likely N-dealkylation sites (N-methyl/N-ethyl adjacent to an activating group) is 1. The third-order valence-corrected chi connectivity index (χ3v) is 2.28. The molecule has 0 aromatic heterocycles. The summed E-state index contributed by atoms with van der Waals surface area (Å²) >= 11 is 0. The van der Waals surface area contributed by atoms with Crippen LogP contribution in [-0.2, 0) is 0 Å². The van der Waals surface area contributed by atoms with Gasteiger partial charge in [0.2, 0.25) is 0 Å². The van der Waals surface area contributed by atoms with E-state index in [0.29, 0.717) is 0 Å². The Labute approximate surface area is 73.9 Å². The predicted octanol–water partition coefficient (Wildman–Crippen LogP) is 0.661. The predicted molar refractivity (Wildman–Crippen MR) is 48.4 cm³/mol. The Kier molecular flexibility index (Phi) is 3.12. The van der Waals surface area contributed by atoms with Crippen molar-refractivity contribution in [1.82, 2.24) is 9.80 Å². The summed E-state index contributed by atoms with van der Waals surface area (Å²) in [6, 6.07) is 2.06. The van der Waals surface area contributed by atoms with Crippen molar-refractivity contribution in [3.05, 3.63) is 11.8 Å². The average Bonchev–Trinajstić information content (AvgIpc) is 2.06. The summed E-state index contributed by atoms with van der Waals surface area (Å²) in [5, 5.41) is 8.46. The van der Waals surface area contributed by atoms with Crippen LogP contribution in [0.2, 0.25) is 0 Å². The molecule has 1 fully saturated rings. The van der Waals surface area contributed by atoms with E-state index < -0.39 is 0 Å². The molecule has 1 rings (SSSR count). The second-order valence-corrected chi connectivity index (χ2v) is 3.21. The van der Waals surface area contributed by atoms with Gasteiger partial charge in [-0.1, -0.05) is 0 Å². The van der Waals surface area contributed by atoms with Crippen LogP contribution >= 0.6 is 0 Å². The van der Waals surface area contributed by atoms with E-state index in [0.717, 1.165) is 31.9 Å². The zero-order chi connectivity index (χ0) is 8.97. The van der Waals surface area contributed by atoms with E-state index >= 15 is 0 Å². The van der Waals surface area contributed by atoms with Crippen LogP contribution in [0.5, 0.6) is 0 Å². The van der Waals surface area contributed by atoms with Crippen LogP contribution in [0.3, 0.4) is 0 Å². The van der Waals surface area contributed by atoms with Gasteiger partial charge in [-0.2, -0.15) is 5.26 Å². The monoisotopic (exact) mass is 165 g/mol. The van der Waals surface area contributed by atoms with Gasteiger partial charge in [0.05, 0.1) is 6.07 Å². The molecule has 1 heterocycles. The molecule has 3 heteroatoms. The standard InChI is InChI=1S/C9H15N3/c1-9(3-4-10)12-7-5-11(2)6-8-12/h3H,5-8H2,1-2H3. The highest BCUT2D eigenvalue weighted by molar-refractivity contribution is 5.10. The highest BCUT2D eigenvalue weighted by Gasteiger charge is 2.12. The molecule has 0 amide bonds. The summed E-state index contributed by atoms with van der Waals surface area (Å²) in [6.07, 6.45) is 1.62. The highest BCUT2D eigenvalue weighted by Crippen LogP contribution is 2.06. The second-order valence-electron chi connectivity index (χ2n) is 3.21. The van der Waals surface area contributed by atoms with E-state index in [4.69, 9.17) is 5.26 Å². The van der Waals surface area contributed by atoms with Gasteiger partial charge in [-0.25, -0.2) is 0 Å².